The van der Waals surface area contributed by atoms with Gasteiger partial charge in [-0.15, -0.1) is 0 Å². The zero-order valence-corrected chi connectivity index (χ0v) is 31.4. The molecule has 1 aliphatic carbocycles. The Labute approximate surface area is 280 Å². The van der Waals surface area contributed by atoms with Gasteiger partial charge in [-0.1, -0.05) is 238 Å². The molecule has 0 aromatic heterocycles. The van der Waals surface area contributed by atoms with Crippen molar-refractivity contribution in [2.45, 2.75) is 246 Å². The molecule has 0 heterocycles. The lowest BCUT2D eigenvalue weighted by Crippen LogP contribution is -2.33. The van der Waals surface area contributed by atoms with Crippen molar-refractivity contribution < 1.29 is 0 Å². The zero-order valence-electron chi connectivity index (χ0n) is 31.4. The maximum Gasteiger partial charge on any atom is -0.00536 e. The van der Waals surface area contributed by atoms with Crippen LogP contribution in [0, 0.1) is 11.3 Å². The average molecular weight is 613 g/mol. The van der Waals surface area contributed by atoms with E-state index in [2.05, 4.69) is 45.9 Å². The second-order valence-electron chi connectivity index (χ2n) is 15.1. The van der Waals surface area contributed by atoms with Gasteiger partial charge in [0.1, 0.15) is 0 Å². The highest BCUT2D eigenvalue weighted by Gasteiger charge is 2.40. The van der Waals surface area contributed by atoms with Gasteiger partial charge in [-0.3, -0.25) is 0 Å². The van der Waals surface area contributed by atoms with E-state index in [4.69, 9.17) is 0 Å². The van der Waals surface area contributed by atoms with E-state index in [-0.39, 0.29) is 0 Å². The van der Waals surface area contributed by atoms with E-state index in [0.29, 0.717) is 5.41 Å². The summed E-state index contributed by atoms with van der Waals surface area (Å²) in [5, 5.41) is 0. The lowest BCUT2D eigenvalue weighted by atomic mass is 9.61. The highest BCUT2D eigenvalue weighted by atomic mass is 14.4. The molecule has 0 N–H and O–H groups in total. The van der Waals surface area contributed by atoms with E-state index in [1.165, 1.54) is 218 Å². The zero-order chi connectivity index (χ0) is 31.8. The van der Waals surface area contributed by atoms with Gasteiger partial charge >= 0.3 is 0 Å². The summed E-state index contributed by atoms with van der Waals surface area (Å²) in [4.78, 5) is 0. The van der Waals surface area contributed by atoms with Crippen molar-refractivity contribution in [3.63, 3.8) is 0 Å². The number of unbranched alkanes of at least 4 members (excludes halogenated alkanes) is 25. The third kappa shape index (κ3) is 20.6. The van der Waals surface area contributed by atoms with Crippen LogP contribution in [0.2, 0.25) is 0 Å². The summed E-state index contributed by atoms with van der Waals surface area (Å²) < 4.78 is 0. The SMILES string of the molecule is CCCCCCCCCCC(CCCCCCCCC)(C1=CC=CC1)C(CCCCCCCCC)CCCCCCCCC. The van der Waals surface area contributed by atoms with Gasteiger partial charge < -0.3 is 0 Å². The second kappa shape index (κ2) is 31.1. The van der Waals surface area contributed by atoms with Crippen molar-refractivity contribution in [1.82, 2.24) is 0 Å². The number of allylic oxidation sites excluding steroid dienone is 4. The number of hydrogen-bond donors (Lipinski definition) is 0. The molecule has 0 fully saturated rings. The van der Waals surface area contributed by atoms with Gasteiger partial charge in [0.25, 0.3) is 0 Å². The van der Waals surface area contributed by atoms with Crippen molar-refractivity contribution >= 4 is 0 Å². The first-order valence-corrected chi connectivity index (χ1v) is 21.1. The Morgan fingerprint density at radius 1 is 0.432 bits per heavy atom. The van der Waals surface area contributed by atoms with Crippen LogP contribution in [0.4, 0.5) is 0 Å². The molecule has 0 nitrogen and oxygen atoms in total. The van der Waals surface area contributed by atoms with Crippen molar-refractivity contribution in [3.8, 4) is 0 Å². The van der Waals surface area contributed by atoms with Crippen LogP contribution in [0.5, 0.6) is 0 Å². The first kappa shape index (κ1) is 41.5. The van der Waals surface area contributed by atoms with E-state index in [0.717, 1.165) is 5.92 Å². The van der Waals surface area contributed by atoms with E-state index >= 15 is 0 Å². The fraction of sp³-hybridized carbons (Fsp3) is 0.909. The fourth-order valence-electron chi connectivity index (χ4n) is 8.30. The van der Waals surface area contributed by atoms with Gasteiger partial charge in [-0.05, 0) is 43.4 Å². The van der Waals surface area contributed by atoms with Crippen LogP contribution in [0.25, 0.3) is 0 Å². The van der Waals surface area contributed by atoms with E-state index in [1.807, 2.05) is 5.57 Å². The summed E-state index contributed by atoms with van der Waals surface area (Å²) in [6, 6.07) is 0. The molecule has 0 saturated heterocycles. The van der Waals surface area contributed by atoms with Crippen molar-refractivity contribution in [2.24, 2.45) is 11.3 Å². The minimum atomic E-state index is 0.472. The van der Waals surface area contributed by atoms with Crippen LogP contribution < -0.4 is 0 Å². The van der Waals surface area contributed by atoms with Gasteiger partial charge in [0.05, 0.1) is 0 Å². The summed E-state index contributed by atoms with van der Waals surface area (Å²) in [5.74, 6) is 0.907. The highest BCUT2D eigenvalue weighted by Crippen LogP contribution is 2.51. The monoisotopic (exact) mass is 613 g/mol. The Bertz CT molecular complexity index is 622. The molecule has 0 amide bonds. The molecular formula is C44H84. The molecule has 0 spiro atoms. The third-order valence-corrected chi connectivity index (χ3v) is 11.2. The van der Waals surface area contributed by atoms with Gasteiger partial charge in [0.15, 0.2) is 0 Å². The maximum absolute atomic E-state index is 2.61. The first-order chi connectivity index (χ1) is 21.7. The molecular weight excluding hydrogens is 528 g/mol. The number of rotatable bonds is 35. The summed E-state index contributed by atoms with van der Waals surface area (Å²) in [6.45, 7) is 9.38. The predicted molar refractivity (Wildman–Crippen MR) is 203 cm³/mol. The molecule has 0 aromatic rings. The Morgan fingerprint density at radius 3 is 1.07 bits per heavy atom. The molecule has 260 valence electrons. The molecule has 0 aliphatic heterocycles. The van der Waals surface area contributed by atoms with Crippen LogP contribution in [0.3, 0.4) is 0 Å². The second-order valence-corrected chi connectivity index (χ2v) is 15.1. The molecule has 0 saturated carbocycles. The Hall–Kier alpha value is -0.520. The highest BCUT2D eigenvalue weighted by molar-refractivity contribution is 5.30. The van der Waals surface area contributed by atoms with E-state index in [9.17, 15) is 0 Å². The smallest absolute Gasteiger partial charge is 0.00536 e. The molecule has 0 radical (unpaired) electrons. The Kier molecular flexibility index (Phi) is 29.3. The van der Waals surface area contributed by atoms with Crippen molar-refractivity contribution in [1.29, 1.82) is 0 Å². The third-order valence-electron chi connectivity index (χ3n) is 11.2. The largest absolute Gasteiger partial charge is 0.0804 e. The van der Waals surface area contributed by atoms with Crippen LogP contribution in [0.1, 0.15) is 246 Å². The van der Waals surface area contributed by atoms with Gasteiger partial charge in [-0.25, -0.2) is 0 Å². The number of hydrogen-bond acceptors (Lipinski definition) is 0. The average Bonchev–Trinajstić information content (AvgIpc) is 3.59. The standard InChI is InChI=1S/C44H84/c1-5-9-13-17-21-25-29-35-41-44(43-38-32-33-39-43,40-34-28-24-20-16-12-8-4)42(36-30-26-22-18-14-10-6-2)37-31-27-23-19-15-11-7-3/h32-33,38,42H,5-31,34-37,39-41H2,1-4H3. The van der Waals surface area contributed by atoms with Crippen molar-refractivity contribution in [2.75, 3.05) is 0 Å². The van der Waals surface area contributed by atoms with Crippen LogP contribution in [0.15, 0.2) is 23.8 Å². The van der Waals surface area contributed by atoms with Gasteiger partial charge in [0, 0.05) is 0 Å². The lowest BCUT2D eigenvalue weighted by molar-refractivity contribution is 0.136. The Balaban J connectivity index is 2.96. The summed E-state index contributed by atoms with van der Waals surface area (Å²) in [6.07, 6.45) is 56.6. The normalized spacial score (nSPS) is 14.5. The summed E-state index contributed by atoms with van der Waals surface area (Å²) in [7, 11) is 0. The van der Waals surface area contributed by atoms with Gasteiger partial charge in [0.2, 0.25) is 0 Å². The minimum absolute atomic E-state index is 0.472. The minimum Gasteiger partial charge on any atom is -0.0804 e. The van der Waals surface area contributed by atoms with Crippen LogP contribution in [-0.2, 0) is 0 Å². The van der Waals surface area contributed by atoms with E-state index in [1.54, 1.807) is 0 Å². The molecule has 0 heteroatoms. The Morgan fingerprint density at radius 2 is 0.750 bits per heavy atom. The maximum atomic E-state index is 2.61. The topological polar surface area (TPSA) is 0 Å². The summed E-state index contributed by atoms with van der Waals surface area (Å²) in [5.41, 5.74) is 2.32. The van der Waals surface area contributed by atoms with Crippen LogP contribution >= 0.6 is 0 Å². The van der Waals surface area contributed by atoms with Gasteiger partial charge in [-0.2, -0.15) is 0 Å². The molecule has 1 rings (SSSR count). The van der Waals surface area contributed by atoms with E-state index < -0.39 is 0 Å². The van der Waals surface area contributed by atoms with Crippen molar-refractivity contribution in [3.05, 3.63) is 23.8 Å². The molecule has 1 aliphatic rings. The molecule has 1 atom stereocenters. The molecule has 44 heavy (non-hydrogen) atoms. The quantitative estimate of drug-likeness (QED) is 0.0624. The molecule has 0 aromatic carbocycles. The predicted octanol–water partition coefficient (Wildman–Crippen LogP) is 16.4. The lowest BCUT2D eigenvalue weighted by Gasteiger charge is -2.44. The molecule has 1 unspecified atom stereocenters. The fourth-order valence-corrected chi connectivity index (χ4v) is 8.30. The summed E-state index contributed by atoms with van der Waals surface area (Å²) >= 11 is 0. The first-order valence-electron chi connectivity index (χ1n) is 21.1. The molecule has 0 bridgehead atoms. The van der Waals surface area contributed by atoms with Crippen LogP contribution in [-0.4, -0.2) is 0 Å².